The third kappa shape index (κ3) is 5.02. The number of carbonyl (C=O) groups is 2. The van der Waals surface area contributed by atoms with E-state index in [2.05, 4.69) is 5.32 Å². The van der Waals surface area contributed by atoms with Crippen LogP contribution < -0.4 is 5.32 Å². The molecule has 2 rings (SSSR count). The molecule has 0 spiro atoms. The van der Waals surface area contributed by atoms with Gasteiger partial charge in [-0.1, -0.05) is 42.6 Å². The molecule has 2 amide bonds. The standard InChI is InChI=1S/C17H23ClN2O2/c1-13(21)20(12-14-6-2-5-9-16(14)18)11-10-17(22)19-15-7-3-4-8-15/h2,5-6,9,15H,3-4,7-8,10-12H2,1H3,(H,19,22). The van der Waals surface area contributed by atoms with Crippen LogP contribution in [0.2, 0.25) is 5.02 Å². The minimum Gasteiger partial charge on any atom is -0.353 e. The van der Waals surface area contributed by atoms with Gasteiger partial charge in [-0.2, -0.15) is 0 Å². The van der Waals surface area contributed by atoms with Gasteiger partial charge in [-0.3, -0.25) is 9.59 Å². The van der Waals surface area contributed by atoms with Crippen LogP contribution in [0.3, 0.4) is 0 Å². The first-order chi connectivity index (χ1) is 10.6. The number of carbonyl (C=O) groups excluding carboxylic acids is 2. The molecule has 0 bridgehead atoms. The van der Waals surface area contributed by atoms with Gasteiger partial charge in [0.1, 0.15) is 0 Å². The highest BCUT2D eigenvalue weighted by atomic mass is 35.5. The zero-order valence-corrected chi connectivity index (χ0v) is 13.7. The minimum absolute atomic E-state index is 0.0253. The summed E-state index contributed by atoms with van der Waals surface area (Å²) in [5.74, 6) is -0.0223. The van der Waals surface area contributed by atoms with Crippen molar-refractivity contribution in [2.24, 2.45) is 0 Å². The molecule has 0 saturated heterocycles. The Kier molecular flexibility index (Phi) is 6.25. The van der Waals surface area contributed by atoms with Crippen LogP contribution in [0.4, 0.5) is 0 Å². The Bertz CT molecular complexity index is 527. The van der Waals surface area contributed by atoms with Crippen molar-refractivity contribution in [2.45, 2.75) is 51.6 Å². The monoisotopic (exact) mass is 322 g/mol. The molecule has 0 radical (unpaired) electrons. The highest BCUT2D eigenvalue weighted by Gasteiger charge is 2.18. The summed E-state index contributed by atoms with van der Waals surface area (Å²) >= 11 is 6.13. The SMILES string of the molecule is CC(=O)N(CCC(=O)NC1CCCC1)Cc1ccccc1Cl. The van der Waals surface area contributed by atoms with Gasteiger partial charge in [-0.15, -0.1) is 0 Å². The number of nitrogens with zero attached hydrogens (tertiary/aromatic N) is 1. The fourth-order valence-electron chi connectivity index (χ4n) is 2.79. The number of amides is 2. The number of halogens is 1. The van der Waals surface area contributed by atoms with Crippen LogP contribution in [0.15, 0.2) is 24.3 Å². The van der Waals surface area contributed by atoms with E-state index >= 15 is 0 Å². The molecule has 0 atom stereocenters. The number of nitrogens with one attached hydrogen (secondary N) is 1. The van der Waals surface area contributed by atoms with Gasteiger partial charge in [0.15, 0.2) is 0 Å². The average Bonchev–Trinajstić information content (AvgIpc) is 2.97. The smallest absolute Gasteiger partial charge is 0.221 e. The molecule has 1 fully saturated rings. The molecule has 1 saturated carbocycles. The normalized spacial score (nSPS) is 14.8. The van der Waals surface area contributed by atoms with Crippen molar-refractivity contribution in [3.63, 3.8) is 0 Å². The van der Waals surface area contributed by atoms with E-state index < -0.39 is 0 Å². The van der Waals surface area contributed by atoms with Crippen LogP contribution >= 0.6 is 11.6 Å². The summed E-state index contributed by atoms with van der Waals surface area (Å²) in [6, 6.07) is 7.78. The molecule has 1 aliphatic rings. The Hall–Kier alpha value is -1.55. The molecule has 120 valence electrons. The molecule has 0 aromatic heterocycles. The number of hydrogen-bond acceptors (Lipinski definition) is 2. The van der Waals surface area contributed by atoms with Gasteiger partial charge in [-0.25, -0.2) is 0 Å². The van der Waals surface area contributed by atoms with Crippen molar-refractivity contribution < 1.29 is 9.59 Å². The third-order valence-electron chi connectivity index (χ3n) is 4.09. The van der Waals surface area contributed by atoms with E-state index in [0.717, 1.165) is 18.4 Å². The molecule has 0 aliphatic heterocycles. The van der Waals surface area contributed by atoms with E-state index in [0.29, 0.717) is 30.6 Å². The molecule has 1 aliphatic carbocycles. The van der Waals surface area contributed by atoms with Crippen molar-refractivity contribution in [3.05, 3.63) is 34.9 Å². The summed E-state index contributed by atoms with van der Waals surface area (Å²) < 4.78 is 0. The summed E-state index contributed by atoms with van der Waals surface area (Å²) in [6.07, 6.45) is 4.86. The number of hydrogen-bond donors (Lipinski definition) is 1. The van der Waals surface area contributed by atoms with Gasteiger partial charge in [-0.05, 0) is 24.5 Å². The molecule has 1 aromatic carbocycles. The van der Waals surface area contributed by atoms with Crippen molar-refractivity contribution in [1.82, 2.24) is 10.2 Å². The molecule has 22 heavy (non-hydrogen) atoms. The van der Waals surface area contributed by atoms with E-state index in [1.54, 1.807) is 4.90 Å². The maximum Gasteiger partial charge on any atom is 0.221 e. The minimum atomic E-state index is -0.0476. The van der Waals surface area contributed by atoms with Crippen molar-refractivity contribution >= 4 is 23.4 Å². The predicted octanol–water partition coefficient (Wildman–Crippen LogP) is 3.14. The molecular formula is C17H23ClN2O2. The molecular weight excluding hydrogens is 300 g/mol. The van der Waals surface area contributed by atoms with E-state index in [9.17, 15) is 9.59 Å². The van der Waals surface area contributed by atoms with Crippen LogP contribution in [-0.4, -0.2) is 29.3 Å². The predicted molar refractivity (Wildman–Crippen MR) is 87.6 cm³/mol. The number of rotatable bonds is 6. The highest BCUT2D eigenvalue weighted by Crippen LogP contribution is 2.18. The molecule has 0 heterocycles. The van der Waals surface area contributed by atoms with E-state index in [1.807, 2.05) is 24.3 Å². The topological polar surface area (TPSA) is 49.4 Å². The second kappa shape index (κ2) is 8.18. The second-order valence-electron chi connectivity index (χ2n) is 5.83. The van der Waals surface area contributed by atoms with Crippen LogP contribution in [0.5, 0.6) is 0 Å². The Morgan fingerprint density at radius 1 is 1.27 bits per heavy atom. The summed E-state index contributed by atoms with van der Waals surface area (Å²) in [7, 11) is 0. The van der Waals surface area contributed by atoms with Crippen molar-refractivity contribution in [1.29, 1.82) is 0 Å². The number of benzene rings is 1. The summed E-state index contributed by atoms with van der Waals surface area (Å²) in [4.78, 5) is 25.4. The summed E-state index contributed by atoms with van der Waals surface area (Å²) in [5, 5.41) is 3.69. The van der Waals surface area contributed by atoms with E-state index in [4.69, 9.17) is 11.6 Å². The van der Waals surface area contributed by atoms with Gasteiger partial charge < -0.3 is 10.2 Å². The first-order valence-corrected chi connectivity index (χ1v) is 8.22. The summed E-state index contributed by atoms with van der Waals surface area (Å²) in [6.45, 7) is 2.37. The van der Waals surface area contributed by atoms with Gasteiger partial charge in [0.25, 0.3) is 0 Å². The lowest BCUT2D eigenvalue weighted by atomic mass is 10.2. The van der Waals surface area contributed by atoms with Crippen LogP contribution in [0.25, 0.3) is 0 Å². The third-order valence-corrected chi connectivity index (χ3v) is 4.46. The van der Waals surface area contributed by atoms with Gasteiger partial charge in [0.2, 0.25) is 11.8 Å². The molecule has 0 unspecified atom stereocenters. The van der Waals surface area contributed by atoms with Gasteiger partial charge >= 0.3 is 0 Å². The maximum absolute atomic E-state index is 12.0. The summed E-state index contributed by atoms with van der Waals surface area (Å²) in [5.41, 5.74) is 0.899. The lowest BCUT2D eigenvalue weighted by Gasteiger charge is -2.22. The van der Waals surface area contributed by atoms with Crippen molar-refractivity contribution in [2.75, 3.05) is 6.54 Å². The average molecular weight is 323 g/mol. The van der Waals surface area contributed by atoms with E-state index in [-0.39, 0.29) is 11.8 Å². The zero-order valence-electron chi connectivity index (χ0n) is 13.0. The molecule has 1 N–H and O–H groups in total. The Morgan fingerprint density at radius 2 is 1.95 bits per heavy atom. The first-order valence-electron chi connectivity index (χ1n) is 7.84. The van der Waals surface area contributed by atoms with Crippen LogP contribution in [-0.2, 0) is 16.1 Å². The lowest BCUT2D eigenvalue weighted by Crippen LogP contribution is -2.37. The van der Waals surface area contributed by atoms with Crippen LogP contribution in [0.1, 0.15) is 44.6 Å². The Balaban J connectivity index is 1.85. The molecule has 5 heteroatoms. The fraction of sp³-hybridized carbons (Fsp3) is 0.529. The van der Waals surface area contributed by atoms with Gasteiger partial charge in [0, 0.05) is 37.5 Å². The zero-order chi connectivity index (χ0) is 15.9. The highest BCUT2D eigenvalue weighted by molar-refractivity contribution is 6.31. The quantitative estimate of drug-likeness (QED) is 0.874. The van der Waals surface area contributed by atoms with E-state index in [1.165, 1.54) is 19.8 Å². The molecule has 4 nitrogen and oxygen atoms in total. The Labute approximate surface area is 136 Å². The molecule has 1 aromatic rings. The fourth-order valence-corrected chi connectivity index (χ4v) is 2.98. The Morgan fingerprint density at radius 3 is 2.59 bits per heavy atom. The second-order valence-corrected chi connectivity index (χ2v) is 6.24. The first kappa shape index (κ1) is 16.8. The lowest BCUT2D eigenvalue weighted by molar-refractivity contribution is -0.130. The maximum atomic E-state index is 12.0. The largest absolute Gasteiger partial charge is 0.353 e. The van der Waals surface area contributed by atoms with Crippen molar-refractivity contribution in [3.8, 4) is 0 Å². The van der Waals surface area contributed by atoms with Gasteiger partial charge in [0.05, 0.1) is 0 Å². The van der Waals surface area contributed by atoms with Crippen LogP contribution in [0, 0.1) is 0 Å².